The highest BCUT2D eigenvalue weighted by molar-refractivity contribution is 5.82. The minimum Gasteiger partial charge on any atom is -0.464 e. The Balaban J connectivity index is 2.14. The highest BCUT2D eigenvalue weighted by atomic mass is 19.4. The minimum absolute atomic E-state index is 0.0930. The van der Waals surface area contributed by atoms with Gasteiger partial charge in [0, 0.05) is 6.42 Å². The molecule has 0 saturated carbocycles. The zero-order valence-electron chi connectivity index (χ0n) is 10.3. The fourth-order valence-electron chi connectivity index (χ4n) is 1.83. The van der Waals surface area contributed by atoms with Gasteiger partial charge in [-0.1, -0.05) is 18.2 Å². The first-order valence-corrected chi connectivity index (χ1v) is 5.85. The maximum Gasteiger partial charge on any atom is 0.416 e. The zero-order valence-corrected chi connectivity index (χ0v) is 10.3. The van der Waals surface area contributed by atoms with Crippen LogP contribution in [-0.4, -0.2) is 24.8 Å². The normalized spacial score (nSPS) is 22.1. The monoisotopic (exact) mass is 274 g/mol. The van der Waals surface area contributed by atoms with E-state index in [2.05, 4.69) is 0 Å². The van der Waals surface area contributed by atoms with Gasteiger partial charge in [0.25, 0.3) is 0 Å². The number of carbonyl (C=O) groups excluding carboxylic acids is 1. The van der Waals surface area contributed by atoms with E-state index in [1.54, 1.807) is 6.92 Å². The molecule has 0 N–H and O–H groups in total. The number of alkyl halides is 3. The van der Waals surface area contributed by atoms with Crippen molar-refractivity contribution in [2.75, 3.05) is 13.2 Å². The first kappa shape index (κ1) is 13.9. The van der Waals surface area contributed by atoms with Crippen LogP contribution >= 0.6 is 0 Å². The third kappa shape index (κ3) is 3.07. The van der Waals surface area contributed by atoms with Crippen molar-refractivity contribution in [3.05, 3.63) is 35.4 Å². The van der Waals surface area contributed by atoms with Crippen LogP contribution < -0.4 is 0 Å². The van der Waals surface area contributed by atoms with Gasteiger partial charge >= 0.3 is 12.1 Å². The molecule has 1 atom stereocenters. The first-order valence-electron chi connectivity index (χ1n) is 5.85. The molecule has 1 unspecified atom stereocenters. The van der Waals surface area contributed by atoms with E-state index in [-0.39, 0.29) is 19.6 Å². The SMILES string of the molecule is CCOC(=O)C1(Cc2cccc(C(F)(F)F)c2)CO1. The number of carbonyl (C=O) groups is 1. The van der Waals surface area contributed by atoms with Gasteiger partial charge in [0.2, 0.25) is 0 Å². The van der Waals surface area contributed by atoms with E-state index in [0.717, 1.165) is 12.1 Å². The molecule has 1 aromatic rings. The standard InChI is InChI=1S/C13H13F3O3/c1-2-18-11(17)12(8-19-12)7-9-4-3-5-10(6-9)13(14,15)16/h3-6H,2,7-8H2,1H3. The third-order valence-electron chi connectivity index (χ3n) is 2.88. The molecular formula is C13H13F3O3. The largest absolute Gasteiger partial charge is 0.464 e. The molecule has 1 aliphatic rings. The lowest BCUT2D eigenvalue weighted by atomic mass is 9.98. The van der Waals surface area contributed by atoms with Gasteiger partial charge in [0.1, 0.15) is 0 Å². The summed E-state index contributed by atoms with van der Waals surface area (Å²) >= 11 is 0. The molecule has 1 heterocycles. The third-order valence-corrected chi connectivity index (χ3v) is 2.88. The molecule has 2 rings (SSSR count). The average Bonchev–Trinajstić information content (AvgIpc) is 3.10. The van der Waals surface area contributed by atoms with Gasteiger partial charge < -0.3 is 9.47 Å². The quantitative estimate of drug-likeness (QED) is 0.625. The molecule has 0 amide bonds. The number of rotatable bonds is 4. The number of esters is 1. The fraction of sp³-hybridized carbons (Fsp3) is 0.462. The molecule has 1 fully saturated rings. The van der Waals surface area contributed by atoms with Crippen molar-refractivity contribution in [1.82, 2.24) is 0 Å². The van der Waals surface area contributed by atoms with Crippen LogP contribution in [0.3, 0.4) is 0 Å². The second-order valence-corrected chi connectivity index (χ2v) is 4.38. The topological polar surface area (TPSA) is 38.8 Å². The summed E-state index contributed by atoms with van der Waals surface area (Å²) in [5.41, 5.74) is -1.43. The van der Waals surface area contributed by atoms with E-state index in [0.29, 0.717) is 5.56 Å². The van der Waals surface area contributed by atoms with Crippen molar-refractivity contribution >= 4 is 5.97 Å². The summed E-state index contributed by atoms with van der Waals surface area (Å²) in [6, 6.07) is 4.88. The van der Waals surface area contributed by atoms with Gasteiger partial charge in [-0.2, -0.15) is 13.2 Å². The fourth-order valence-corrected chi connectivity index (χ4v) is 1.83. The predicted molar refractivity (Wildman–Crippen MR) is 60.5 cm³/mol. The molecule has 1 aliphatic heterocycles. The van der Waals surface area contributed by atoms with Crippen LogP contribution in [0, 0.1) is 0 Å². The van der Waals surface area contributed by atoms with Crippen molar-refractivity contribution in [2.45, 2.75) is 25.1 Å². The number of epoxide rings is 1. The van der Waals surface area contributed by atoms with E-state index in [1.807, 2.05) is 0 Å². The van der Waals surface area contributed by atoms with E-state index < -0.39 is 23.3 Å². The van der Waals surface area contributed by atoms with Crippen LogP contribution in [0.5, 0.6) is 0 Å². The Kier molecular flexibility index (Phi) is 3.54. The van der Waals surface area contributed by atoms with Crippen molar-refractivity contribution in [3.63, 3.8) is 0 Å². The Morgan fingerprint density at radius 2 is 2.16 bits per heavy atom. The second kappa shape index (κ2) is 4.85. The number of halogens is 3. The van der Waals surface area contributed by atoms with Crippen LogP contribution in [0.1, 0.15) is 18.1 Å². The van der Waals surface area contributed by atoms with Crippen molar-refractivity contribution < 1.29 is 27.4 Å². The number of hydrogen-bond donors (Lipinski definition) is 0. The molecule has 0 aliphatic carbocycles. The van der Waals surface area contributed by atoms with Gasteiger partial charge in [-0.25, -0.2) is 4.79 Å². The lowest BCUT2D eigenvalue weighted by Crippen LogP contribution is -2.29. The Bertz CT molecular complexity index is 478. The molecule has 0 bridgehead atoms. The van der Waals surface area contributed by atoms with Gasteiger partial charge in [-0.15, -0.1) is 0 Å². The highest BCUT2D eigenvalue weighted by Gasteiger charge is 2.53. The Morgan fingerprint density at radius 1 is 1.47 bits per heavy atom. The summed E-state index contributed by atoms with van der Waals surface area (Å²) in [5, 5.41) is 0. The molecule has 0 spiro atoms. The number of ether oxygens (including phenoxy) is 2. The molecule has 3 nitrogen and oxygen atoms in total. The molecule has 1 aromatic carbocycles. The average molecular weight is 274 g/mol. The van der Waals surface area contributed by atoms with E-state index in [1.165, 1.54) is 12.1 Å². The second-order valence-electron chi connectivity index (χ2n) is 4.38. The first-order chi connectivity index (χ1) is 8.87. The van der Waals surface area contributed by atoms with Crippen molar-refractivity contribution in [1.29, 1.82) is 0 Å². The van der Waals surface area contributed by atoms with Crippen LogP contribution in [-0.2, 0) is 26.9 Å². The summed E-state index contributed by atoms with van der Waals surface area (Å²) in [6.45, 7) is 2.06. The lowest BCUT2D eigenvalue weighted by Gasteiger charge is -2.12. The molecule has 104 valence electrons. The summed E-state index contributed by atoms with van der Waals surface area (Å²) in [6.07, 6.45) is -4.30. The van der Waals surface area contributed by atoms with Crippen LogP contribution in [0.15, 0.2) is 24.3 Å². The minimum atomic E-state index is -4.39. The van der Waals surface area contributed by atoms with Crippen LogP contribution in [0.2, 0.25) is 0 Å². The summed E-state index contributed by atoms with van der Waals surface area (Å²) < 4.78 is 47.7. The molecule has 0 radical (unpaired) electrons. The lowest BCUT2D eigenvalue weighted by molar-refractivity contribution is -0.149. The maximum absolute atomic E-state index is 12.6. The maximum atomic E-state index is 12.6. The van der Waals surface area contributed by atoms with Crippen LogP contribution in [0.25, 0.3) is 0 Å². The van der Waals surface area contributed by atoms with Crippen molar-refractivity contribution in [3.8, 4) is 0 Å². The molecule has 19 heavy (non-hydrogen) atoms. The van der Waals surface area contributed by atoms with Crippen molar-refractivity contribution in [2.24, 2.45) is 0 Å². The summed E-state index contributed by atoms with van der Waals surface area (Å²) in [5.74, 6) is -0.521. The molecule has 6 heteroatoms. The Morgan fingerprint density at radius 3 is 2.68 bits per heavy atom. The molecular weight excluding hydrogens is 261 g/mol. The van der Waals surface area contributed by atoms with E-state index >= 15 is 0 Å². The summed E-state index contributed by atoms with van der Waals surface area (Å²) in [4.78, 5) is 11.6. The number of benzene rings is 1. The van der Waals surface area contributed by atoms with E-state index in [9.17, 15) is 18.0 Å². The smallest absolute Gasteiger partial charge is 0.416 e. The van der Waals surface area contributed by atoms with Gasteiger partial charge in [-0.3, -0.25) is 0 Å². The predicted octanol–water partition coefficient (Wildman–Crippen LogP) is 2.58. The highest BCUT2D eigenvalue weighted by Crippen LogP contribution is 2.35. The van der Waals surface area contributed by atoms with Gasteiger partial charge in [0.05, 0.1) is 18.8 Å². The zero-order chi connectivity index (χ0) is 14.1. The molecule has 0 aromatic heterocycles. The molecule has 1 saturated heterocycles. The van der Waals surface area contributed by atoms with Gasteiger partial charge in [-0.05, 0) is 18.6 Å². The Hall–Kier alpha value is -1.56. The number of hydrogen-bond acceptors (Lipinski definition) is 3. The van der Waals surface area contributed by atoms with Crippen LogP contribution in [0.4, 0.5) is 13.2 Å². The Labute approximate surface area is 108 Å². The summed E-state index contributed by atoms with van der Waals surface area (Å²) in [7, 11) is 0. The van der Waals surface area contributed by atoms with E-state index in [4.69, 9.17) is 9.47 Å². The van der Waals surface area contributed by atoms with Gasteiger partial charge in [0.15, 0.2) is 5.60 Å².